The predicted molar refractivity (Wildman–Crippen MR) is 168 cm³/mol. The number of aromatic carboxylic acids is 1. The summed E-state index contributed by atoms with van der Waals surface area (Å²) < 4.78 is 1.70. The number of amides is 1. The van der Waals surface area contributed by atoms with E-state index < -0.39 is 5.97 Å². The second-order valence-electron chi connectivity index (χ2n) is 12.5. The van der Waals surface area contributed by atoms with Gasteiger partial charge in [-0.1, -0.05) is 42.5 Å². The van der Waals surface area contributed by atoms with Gasteiger partial charge in [0.2, 0.25) is 5.91 Å². The van der Waals surface area contributed by atoms with Gasteiger partial charge in [-0.2, -0.15) is 5.10 Å². The van der Waals surface area contributed by atoms with Crippen molar-refractivity contribution >= 4 is 17.6 Å². The molecule has 3 aromatic carbocycles. The van der Waals surface area contributed by atoms with Crippen LogP contribution in [-0.2, 0) is 11.2 Å². The zero-order valence-corrected chi connectivity index (χ0v) is 24.8. The topological polar surface area (TPSA) is 87.5 Å². The van der Waals surface area contributed by atoms with Gasteiger partial charge in [0.15, 0.2) is 0 Å². The molecule has 2 aliphatic carbocycles. The number of aromatic nitrogens is 2. The highest BCUT2D eigenvalue weighted by Gasteiger charge is 2.35. The van der Waals surface area contributed by atoms with E-state index in [1.807, 2.05) is 12.1 Å². The standard InChI is InChI=1S/C36H38N4O3/c1-22-19-27(24-15-17-39(18-16-24)35(41)26-9-10-26)12-13-32(22)38-33-14-11-25-5-4-8-30(34(25)33)28-6-3-7-29(20-28)40-23(2)31(21-37-40)36(42)43/h3-8,12-13,19-21,24,26,33,38H,9-11,14-18H2,1-2H3,(H,42,43). The number of aryl methyl sites for hydroxylation is 2. The van der Waals surface area contributed by atoms with Crippen LogP contribution in [0.15, 0.2) is 66.9 Å². The Balaban J connectivity index is 1.11. The number of rotatable bonds is 7. The number of carbonyl (C=O) groups excluding carboxylic acids is 1. The molecule has 1 unspecified atom stereocenters. The summed E-state index contributed by atoms with van der Waals surface area (Å²) in [7, 11) is 0. The van der Waals surface area contributed by atoms with E-state index in [0.29, 0.717) is 23.4 Å². The molecule has 0 bridgehead atoms. The van der Waals surface area contributed by atoms with E-state index in [2.05, 4.69) is 70.8 Å². The zero-order valence-electron chi connectivity index (χ0n) is 24.8. The van der Waals surface area contributed by atoms with Gasteiger partial charge in [0.1, 0.15) is 5.56 Å². The first kappa shape index (κ1) is 27.4. The number of piperidine rings is 1. The number of benzene rings is 3. The Hall–Kier alpha value is -4.39. The Morgan fingerprint density at radius 2 is 1.72 bits per heavy atom. The van der Waals surface area contributed by atoms with Crippen LogP contribution in [0, 0.1) is 19.8 Å². The lowest BCUT2D eigenvalue weighted by atomic mass is 9.88. The quantitative estimate of drug-likeness (QED) is 0.247. The third-order valence-electron chi connectivity index (χ3n) is 9.67. The molecule has 43 heavy (non-hydrogen) atoms. The van der Waals surface area contributed by atoms with E-state index in [9.17, 15) is 14.7 Å². The summed E-state index contributed by atoms with van der Waals surface area (Å²) in [6.45, 7) is 5.74. The van der Waals surface area contributed by atoms with Gasteiger partial charge in [-0.05, 0) is 110 Å². The van der Waals surface area contributed by atoms with Gasteiger partial charge >= 0.3 is 5.97 Å². The first-order chi connectivity index (χ1) is 20.9. The maximum atomic E-state index is 12.5. The molecule has 7 heteroatoms. The van der Waals surface area contributed by atoms with Gasteiger partial charge in [-0.15, -0.1) is 0 Å². The summed E-state index contributed by atoms with van der Waals surface area (Å²) >= 11 is 0. The number of hydrogen-bond donors (Lipinski definition) is 2. The predicted octanol–water partition coefficient (Wildman–Crippen LogP) is 7.07. The van der Waals surface area contributed by atoms with Crippen molar-refractivity contribution in [3.05, 3.63) is 100 Å². The van der Waals surface area contributed by atoms with E-state index in [4.69, 9.17) is 0 Å². The molecule has 2 N–H and O–H groups in total. The molecule has 1 aliphatic heterocycles. The lowest BCUT2D eigenvalue weighted by molar-refractivity contribution is -0.133. The van der Waals surface area contributed by atoms with Gasteiger partial charge < -0.3 is 15.3 Å². The molecule has 1 amide bonds. The Kier molecular flexibility index (Phi) is 7.04. The lowest BCUT2D eigenvalue weighted by Gasteiger charge is -2.32. The van der Waals surface area contributed by atoms with E-state index in [1.54, 1.807) is 11.6 Å². The number of nitrogens with zero attached hydrogens (tertiary/aromatic N) is 3. The van der Waals surface area contributed by atoms with E-state index in [1.165, 1.54) is 39.7 Å². The van der Waals surface area contributed by atoms with Crippen LogP contribution in [0.3, 0.4) is 0 Å². The minimum atomic E-state index is -0.969. The highest BCUT2D eigenvalue weighted by molar-refractivity contribution is 5.88. The number of likely N-dealkylation sites (tertiary alicyclic amines) is 1. The van der Waals surface area contributed by atoms with Crippen molar-refractivity contribution in [2.24, 2.45) is 5.92 Å². The number of carbonyl (C=O) groups is 2. The van der Waals surface area contributed by atoms with E-state index >= 15 is 0 Å². The van der Waals surface area contributed by atoms with Crippen LogP contribution in [0.1, 0.15) is 82.4 Å². The summed E-state index contributed by atoms with van der Waals surface area (Å²) in [5.41, 5.74) is 10.5. The molecular weight excluding hydrogens is 536 g/mol. The minimum absolute atomic E-state index is 0.195. The van der Waals surface area contributed by atoms with Gasteiger partial charge in [0.25, 0.3) is 0 Å². The maximum Gasteiger partial charge on any atom is 0.339 e. The van der Waals surface area contributed by atoms with Crippen LogP contribution in [-0.4, -0.2) is 44.8 Å². The summed E-state index contributed by atoms with van der Waals surface area (Å²) in [6.07, 6.45) is 7.70. The van der Waals surface area contributed by atoms with Crippen molar-refractivity contribution in [3.8, 4) is 16.8 Å². The molecule has 1 saturated heterocycles. The molecule has 1 atom stereocenters. The van der Waals surface area contributed by atoms with Crippen molar-refractivity contribution in [1.29, 1.82) is 0 Å². The number of nitrogens with one attached hydrogen (secondary N) is 1. The first-order valence-electron chi connectivity index (χ1n) is 15.5. The van der Waals surface area contributed by atoms with Crippen molar-refractivity contribution in [2.75, 3.05) is 18.4 Å². The van der Waals surface area contributed by atoms with Gasteiger partial charge in [0, 0.05) is 24.7 Å². The summed E-state index contributed by atoms with van der Waals surface area (Å²) in [6, 6.07) is 21.8. The summed E-state index contributed by atoms with van der Waals surface area (Å²) in [5.74, 6) is 0.221. The largest absolute Gasteiger partial charge is 0.478 e. The smallest absolute Gasteiger partial charge is 0.339 e. The molecule has 2 heterocycles. The third-order valence-corrected chi connectivity index (χ3v) is 9.67. The minimum Gasteiger partial charge on any atom is -0.478 e. The number of carboxylic acids is 1. The summed E-state index contributed by atoms with van der Waals surface area (Å²) in [5, 5.41) is 17.7. The van der Waals surface area contributed by atoms with Gasteiger partial charge in [0.05, 0.1) is 23.6 Å². The average Bonchev–Trinajstić information content (AvgIpc) is 3.68. The van der Waals surface area contributed by atoms with Crippen LogP contribution >= 0.6 is 0 Å². The number of anilines is 1. The van der Waals surface area contributed by atoms with Crippen molar-refractivity contribution in [3.63, 3.8) is 0 Å². The summed E-state index contributed by atoms with van der Waals surface area (Å²) in [4.78, 5) is 26.1. The average molecular weight is 575 g/mol. The molecule has 2 fully saturated rings. The molecule has 1 aromatic heterocycles. The molecule has 7 nitrogen and oxygen atoms in total. The lowest BCUT2D eigenvalue weighted by Crippen LogP contribution is -2.38. The number of carboxylic acid groups (broad SMARTS) is 1. The van der Waals surface area contributed by atoms with E-state index in [0.717, 1.165) is 62.9 Å². The molecule has 220 valence electrons. The van der Waals surface area contributed by atoms with Crippen molar-refractivity contribution in [2.45, 2.75) is 64.3 Å². The van der Waals surface area contributed by atoms with Crippen LogP contribution in [0.5, 0.6) is 0 Å². The van der Waals surface area contributed by atoms with Crippen LogP contribution in [0.2, 0.25) is 0 Å². The second kappa shape index (κ2) is 11.0. The van der Waals surface area contributed by atoms with Crippen molar-refractivity contribution in [1.82, 2.24) is 14.7 Å². The Bertz CT molecular complexity index is 1710. The maximum absolute atomic E-state index is 12.5. The molecule has 4 aromatic rings. The molecule has 7 rings (SSSR count). The van der Waals surface area contributed by atoms with Crippen molar-refractivity contribution < 1.29 is 14.7 Å². The third kappa shape index (κ3) is 5.22. The highest BCUT2D eigenvalue weighted by Crippen LogP contribution is 2.42. The van der Waals surface area contributed by atoms with Crippen LogP contribution < -0.4 is 5.32 Å². The molecule has 3 aliphatic rings. The fraction of sp³-hybridized carbons (Fsp3) is 0.361. The fourth-order valence-electron chi connectivity index (χ4n) is 7.08. The van der Waals surface area contributed by atoms with E-state index in [-0.39, 0.29) is 11.6 Å². The van der Waals surface area contributed by atoms with Crippen LogP contribution in [0.4, 0.5) is 5.69 Å². The van der Waals surface area contributed by atoms with Crippen LogP contribution in [0.25, 0.3) is 16.8 Å². The zero-order chi connectivity index (χ0) is 29.7. The Morgan fingerprint density at radius 1 is 0.930 bits per heavy atom. The molecule has 1 saturated carbocycles. The Morgan fingerprint density at radius 3 is 2.44 bits per heavy atom. The SMILES string of the molecule is Cc1cc(C2CCN(C(=O)C3CC3)CC2)ccc1NC1CCc2cccc(-c3cccc(-n4ncc(C(=O)O)c4C)c3)c21. The van der Waals surface area contributed by atoms with Gasteiger partial charge in [-0.3, -0.25) is 4.79 Å². The second-order valence-corrected chi connectivity index (χ2v) is 12.5. The molecule has 0 radical (unpaired) electrons. The molecule has 0 spiro atoms. The fourth-order valence-corrected chi connectivity index (χ4v) is 7.08. The molecular formula is C36H38N4O3. The highest BCUT2D eigenvalue weighted by atomic mass is 16.4. The normalized spacial score (nSPS) is 18.5. The Labute approximate surface area is 252 Å². The number of fused-ring (bicyclic) bond motifs is 1. The number of hydrogen-bond acceptors (Lipinski definition) is 4. The van der Waals surface area contributed by atoms with Gasteiger partial charge in [-0.25, -0.2) is 9.48 Å². The first-order valence-corrected chi connectivity index (χ1v) is 15.5. The monoisotopic (exact) mass is 574 g/mol.